The van der Waals surface area contributed by atoms with Crippen molar-refractivity contribution >= 4 is 11.5 Å². The highest BCUT2D eigenvalue weighted by atomic mass is 16.6. The molecule has 0 heterocycles. The maximum atomic E-state index is 12.1. The van der Waals surface area contributed by atoms with E-state index in [0.29, 0.717) is 17.1 Å². The van der Waals surface area contributed by atoms with Crippen molar-refractivity contribution in [2.45, 2.75) is 20.8 Å². The molecule has 2 aromatic carbocycles. The minimum atomic E-state index is -0.513. The molecule has 0 saturated carbocycles. The number of hydrogen-bond donors (Lipinski definition) is 0. The van der Waals surface area contributed by atoms with Crippen molar-refractivity contribution in [2.24, 2.45) is 5.41 Å². The fourth-order valence-corrected chi connectivity index (χ4v) is 2.11. The van der Waals surface area contributed by atoms with Gasteiger partial charge >= 0.3 is 0 Å². The lowest BCUT2D eigenvalue weighted by Gasteiger charge is -2.18. The standard InChI is InChI=1S/C19H21NO5/c1-19(2,3)18(21)12-25-17-10-7-14(20(22)23)11-16(17)13-5-8-15(24-4)9-6-13/h5-11H,12H2,1-4H3. The lowest BCUT2D eigenvalue weighted by molar-refractivity contribution is -0.384. The van der Waals surface area contributed by atoms with Crippen LogP contribution in [0.15, 0.2) is 42.5 Å². The van der Waals surface area contributed by atoms with E-state index >= 15 is 0 Å². The quantitative estimate of drug-likeness (QED) is 0.578. The van der Waals surface area contributed by atoms with Gasteiger partial charge in [0.2, 0.25) is 0 Å². The molecule has 0 radical (unpaired) electrons. The topological polar surface area (TPSA) is 78.7 Å². The Kier molecular flexibility index (Phi) is 5.41. The number of carbonyl (C=O) groups excluding carboxylic acids is 1. The Balaban J connectivity index is 2.38. The van der Waals surface area contributed by atoms with E-state index in [2.05, 4.69) is 0 Å². The summed E-state index contributed by atoms with van der Waals surface area (Å²) in [6.07, 6.45) is 0. The third kappa shape index (κ3) is 4.56. The largest absolute Gasteiger partial charge is 0.497 e. The number of Topliss-reactive ketones (excluding diaryl/α,β-unsaturated/α-hetero) is 1. The van der Waals surface area contributed by atoms with Gasteiger partial charge in [0, 0.05) is 23.1 Å². The van der Waals surface area contributed by atoms with Crippen LogP contribution < -0.4 is 9.47 Å². The van der Waals surface area contributed by atoms with Crippen molar-refractivity contribution in [3.63, 3.8) is 0 Å². The number of nitro groups is 1. The Morgan fingerprint density at radius 2 is 1.76 bits per heavy atom. The first-order valence-corrected chi connectivity index (χ1v) is 7.81. The SMILES string of the molecule is COc1ccc(-c2cc([N+](=O)[O-])ccc2OCC(=O)C(C)(C)C)cc1. The molecule has 0 aliphatic heterocycles. The monoisotopic (exact) mass is 343 g/mol. The van der Waals surface area contributed by atoms with E-state index in [1.54, 1.807) is 31.4 Å². The number of carbonyl (C=O) groups is 1. The molecule has 0 aliphatic carbocycles. The average molecular weight is 343 g/mol. The molecular weight excluding hydrogens is 322 g/mol. The van der Waals surface area contributed by atoms with Crippen molar-refractivity contribution in [1.82, 2.24) is 0 Å². The molecule has 132 valence electrons. The van der Waals surface area contributed by atoms with Gasteiger partial charge in [0.15, 0.2) is 5.78 Å². The zero-order valence-electron chi connectivity index (χ0n) is 14.7. The van der Waals surface area contributed by atoms with Gasteiger partial charge < -0.3 is 9.47 Å². The second-order valence-corrected chi connectivity index (χ2v) is 6.63. The first kappa shape index (κ1) is 18.4. The zero-order chi connectivity index (χ0) is 18.6. The van der Waals surface area contributed by atoms with Crippen molar-refractivity contribution in [2.75, 3.05) is 13.7 Å². The van der Waals surface area contributed by atoms with E-state index in [4.69, 9.17) is 9.47 Å². The van der Waals surface area contributed by atoms with Crippen LogP contribution in [0.3, 0.4) is 0 Å². The molecule has 6 heteroatoms. The van der Waals surface area contributed by atoms with Gasteiger partial charge in [-0.15, -0.1) is 0 Å². The third-order valence-corrected chi connectivity index (χ3v) is 3.77. The van der Waals surface area contributed by atoms with Gasteiger partial charge in [0.1, 0.15) is 18.1 Å². The first-order chi connectivity index (χ1) is 11.7. The molecule has 0 aromatic heterocycles. The second-order valence-electron chi connectivity index (χ2n) is 6.63. The van der Waals surface area contributed by atoms with Gasteiger partial charge in [-0.1, -0.05) is 32.9 Å². The number of non-ortho nitro benzene ring substituents is 1. The average Bonchev–Trinajstić information content (AvgIpc) is 2.58. The summed E-state index contributed by atoms with van der Waals surface area (Å²) >= 11 is 0. The van der Waals surface area contributed by atoms with Gasteiger partial charge in [-0.05, 0) is 23.8 Å². The molecule has 0 saturated heterocycles. The highest BCUT2D eigenvalue weighted by Gasteiger charge is 2.22. The summed E-state index contributed by atoms with van der Waals surface area (Å²) in [5, 5.41) is 11.1. The Bertz CT molecular complexity index is 775. The predicted molar refractivity (Wildman–Crippen MR) is 95.0 cm³/mol. The van der Waals surface area contributed by atoms with Crippen LogP contribution in [0.1, 0.15) is 20.8 Å². The molecule has 0 N–H and O–H groups in total. The Labute approximate surface area is 146 Å². The van der Waals surface area contributed by atoms with Crippen molar-refractivity contribution in [3.8, 4) is 22.6 Å². The van der Waals surface area contributed by atoms with Gasteiger partial charge in [0.25, 0.3) is 5.69 Å². The second kappa shape index (κ2) is 7.34. The van der Waals surface area contributed by atoms with Crippen molar-refractivity contribution in [1.29, 1.82) is 0 Å². The highest BCUT2D eigenvalue weighted by Crippen LogP contribution is 2.34. The summed E-state index contributed by atoms with van der Waals surface area (Å²) in [6, 6.07) is 11.4. The van der Waals surface area contributed by atoms with Crippen LogP contribution in [0, 0.1) is 15.5 Å². The Morgan fingerprint density at radius 3 is 2.28 bits per heavy atom. The number of nitro benzene ring substituents is 1. The molecule has 0 aliphatic rings. The van der Waals surface area contributed by atoms with Gasteiger partial charge in [-0.3, -0.25) is 14.9 Å². The number of methoxy groups -OCH3 is 1. The lowest BCUT2D eigenvalue weighted by Crippen LogP contribution is -2.26. The van der Waals surface area contributed by atoms with Gasteiger partial charge in [-0.2, -0.15) is 0 Å². The van der Waals surface area contributed by atoms with Crippen LogP contribution in [-0.2, 0) is 4.79 Å². The number of benzene rings is 2. The Morgan fingerprint density at radius 1 is 1.12 bits per heavy atom. The number of nitrogens with zero attached hydrogens (tertiary/aromatic N) is 1. The summed E-state index contributed by atoms with van der Waals surface area (Å²) in [7, 11) is 1.56. The maximum Gasteiger partial charge on any atom is 0.270 e. The van der Waals surface area contributed by atoms with E-state index < -0.39 is 10.3 Å². The van der Waals surface area contributed by atoms with E-state index in [9.17, 15) is 14.9 Å². The summed E-state index contributed by atoms with van der Waals surface area (Å²) < 4.78 is 10.8. The van der Waals surface area contributed by atoms with Gasteiger partial charge in [-0.25, -0.2) is 0 Å². The molecule has 0 atom stereocenters. The molecule has 0 unspecified atom stereocenters. The molecular formula is C19H21NO5. The lowest BCUT2D eigenvalue weighted by atomic mass is 9.91. The number of ketones is 1. The fraction of sp³-hybridized carbons (Fsp3) is 0.316. The summed E-state index contributed by atoms with van der Waals surface area (Å²) in [5.41, 5.74) is 0.739. The third-order valence-electron chi connectivity index (χ3n) is 3.77. The minimum Gasteiger partial charge on any atom is -0.497 e. The van der Waals surface area contributed by atoms with E-state index in [0.717, 1.165) is 5.56 Å². The molecule has 25 heavy (non-hydrogen) atoms. The highest BCUT2D eigenvalue weighted by molar-refractivity contribution is 5.85. The zero-order valence-corrected chi connectivity index (χ0v) is 14.7. The first-order valence-electron chi connectivity index (χ1n) is 7.81. The van der Waals surface area contributed by atoms with Crippen LogP contribution in [0.2, 0.25) is 0 Å². The number of hydrogen-bond acceptors (Lipinski definition) is 5. The summed E-state index contributed by atoms with van der Waals surface area (Å²) in [6.45, 7) is 5.36. The van der Waals surface area contributed by atoms with Crippen LogP contribution in [0.4, 0.5) is 5.69 Å². The summed E-state index contributed by atoms with van der Waals surface area (Å²) in [4.78, 5) is 22.7. The Hall–Kier alpha value is -2.89. The fourth-order valence-electron chi connectivity index (χ4n) is 2.11. The summed E-state index contributed by atoms with van der Waals surface area (Å²) in [5.74, 6) is 1.06. The molecule has 6 nitrogen and oxygen atoms in total. The maximum absolute atomic E-state index is 12.1. The van der Waals surface area contributed by atoms with Gasteiger partial charge in [0.05, 0.1) is 12.0 Å². The van der Waals surface area contributed by atoms with Crippen LogP contribution in [0.25, 0.3) is 11.1 Å². The number of rotatable bonds is 6. The minimum absolute atomic E-state index is 0.0414. The molecule has 0 amide bonds. The molecule has 0 spiro atoms. The molecule has 2 rings (SSSR count). The van der Waals surface area contributed by atoms with E-state index in [1.807, 2.05) is 20.8 Å². The van der Waals surface area contributed by atoms with Crippen LogP contribution >= 0.6 is 0 Å². The van der Waals surface area contributed by atoms with E-state index in [-0.39, 0.29) is 18.1 Å². The molecule has 0 fully saturated rings. The molecule has 2 aromatic rings. The van der Waals surface area contributed by atoms with Crippen LogP contribution in [-0.4, -0.2) is 24.4 Å². The number of ether oxygens (including phenoxy) is 2. The normalized spacial score (nSPS) is 11.0. The smallest absolute Gasteiger partial charge is 0.270 e. The van der Waals surface area contributed by atoms with Crippen molar-refractivity contribution < 1.29 is 19.2 Å². The van der Waals surface area contributed by atoms with Crippen LogP contribution in [0.5, 0.6) is 11.5 Å². The van der Waals surface area contributed by atoms with Crippen molar-refractivity contribution in [3.05, 3.63) is 52.6 Å². The van der Waals surface area contributed by atoms with E-state index in [1.165, 1.54) is 18.2 Å². The molecule has 0 bridgehead atoms. The predicted octanol–water partition coefficient (Wildman–Crippen LogP) is 4.26.